The van der Waals surface area contributed by atoms with Crippen LogP contribution in [0.2, 0.25) is 0 Å². The number of hydrogen-bond donors (Lipinski definition) is 0. The molecule has 1 fully saturated rings. The molecule has 1 aromatic carbocycles. The van der Waals surface area contributed by atoms with Gasteiger partial charge in [-0.3, -0.25) is 9.48 Å². The minimum absolute atomic E-state index is 0.00333. The molecule has 0 aliphatic heterocycles. The maximum Gasteiger partial charge on any atom is 0.233 e. The number of aryl methyl sites for hydroxylation is 1. The average molecular weight is 371 g/mol. The predicted molar refractivity (Wildman–Crippen MR) is 97.0 cm³/mol. The van der Waals surface area contributed by atoms with Gasteiger partial charge in [-0.1, -0.05) is 30.0 Å². The molecule has 4 rings (SSSR count). The first kappa shape index (κ1) is 17.0. The molecule has 0 unspecified atom stereocenters. The van der Waals surface area contributed by atoms with Crippen LogP contribution in [0.15, 0.2) is 41.8 Å². The largest absolute Gasteiger partial charge is 0.335 e. The van der Waals surface area contributed by atoms with Crippen LogP contribution in [0.3, 0.4) is 0 Å². The summed E-state index contributed by atoms with van der Waals surface area (Å²) < 4.78 is 15.6. The summed E-state index contributed by atoms with van der Waals surface area (Å²) in [6.07, 6.45) is 5.14. The molecule has 0 N–H and O–H groups in total. The van der Waals surface area contributed by atoms with Crippen LogP contribution in [-0.2, 0) is 18.4 Å². The second kappa shape index (κ2) is 7.03. The number of halogens is 1. The van der Waals surface area contributed by atoms with Crippen LogP contribution >= 0.6 is 11.8 Å². The van der Waals surface area contributed by atoms with Gasteiger partial charge in [-0.15, -0.1) is 0 Å². The second-order valence-corrected chi connectivity index (χ2v) is 7.28. The van der Waals surface area contributed by atoms with Gasteiger partial charge in [0.15, 0.2) is 5.65 Å². The summed E-state index contributed by atoms with van der Waals surface area (Å²) in [6.45, 7) is 0.308. The van der Waals surface area contributed by atoms with E-state index in [2.05, 4.69) is 15.1 Å². The van der Waals surface area contributed by atoms with E-state index in [1.807, 2.05) is 7.05 Å². The number of nitrogens with zero attached hydrogens (tertiary/aromatic N) is 5. The molecule has 0 bridgehead atoms. The minimum atomic E-state index is -0.272. The maximum atomic E-state index is 14.0. The summed E-state index contributed by atoms with van der Waals surface area (Å²) in [6, 6.07) is 6.83. The third kappa shape index (κ3) is 3.41. The second-order valence-electron chi connectivity index (χ2n) is 6.32. The van der Waals surface area contributed by atoms with Crippen molar-refractivity contribution in [1.82, 2.24) is 24.6 Å². The molecular formula is C18H18FN5OS. The third-order valence-corrected chi connectivity index (χ3v) is 5.42. The summed E-state index contributed by atoms with van der Waals surface area (Å²) in [5.74, 6) is -0.0192. The van der Waals surface area contributed by atoms with E-state index in [0.717, 1.165) is 28.9 Å². The molecule has 6 nitrogen and oxygen atoms in total. The molecule has 134 valence electrons. The number of carbonyl (C=O) groups is 1. The lowest BCUT2D eigenvalue weighted by molar-refractivity contribution is -0.129. The zero-order valence-electron chi connectivity index (χ0n) is 14.3. The molecule has 1 aliphatic rings. The Balaban J connectivity index is 1.48. The first-order valence-electron chi connectivity index (χ1n) is 8.42. The quantitative estimate of drug-likeness (QED) is 0.492. The highest BCUT2D eigenvalue weighted by molar-refractivity contribution is 8.00. The van der Waals surface area contributed by atoms with Crippen molar-refractivity contribution in [3.63, 3.8) is 0 Å². The van der Waals surface area contributed by atoms with Crippen molar-refractivity contribution in [2.24, 2.45) is 7.05 Å². The van der Waals surface area contributed by atoms with Crippen molar-refractivity contribution >= 4 is 28.7 Å². The molecule has 3 aromatic rings. The van der Waals surface area contributed by atoms with Crippen LogP contribution in [0.5, 0.6) is 0 Å². The van der Waals surface area contributed by atoms with E-state index < -0.39 is 0 Å². The van der Waals surface area contributed by atoms with Gasteiger partial charge in [0.1, 0.15) is 17.2 Å². The van der Waals surface area contributed by atoms with Gasteiger partial charge >= 0.3 is 0 Å². The van der Waals surface area contributed by atoms with Crippen LogP contribution in [0, 0.1) is 5.82 Å². The molecule has 0 radical (unpaired) electrons. The highest BCUT2D eigenvalue weighted by atomic mass is 32.2. The Kier molecular flexibility index (Phi) is 4.58. The standard InChI is InChI=1S/C18H18FN5OS/c1-23-17-14(8-22-23)18(21-11-20-17)26-10-16(25)24(13-6-7-13)9-12-4-2-3-5-15(12)19/h2-5,8,11,13H,6-7,9-10H2,1H3. The fourth-order valence-electron chi connectivity index (χ4n) is 2.89. The molecular weight excluding hydrogens is 353 g/mol. The molecule has 2 heterocycles. The van der Waals surface area contributed by atoms with Crippen LogP contribution in [0.1, 0.15) is 18.4 Å². The Hall–Kier alpha value is -2.48. The van der Waals surface area contributed by atoms with Crippen molar-refractivity contribution in [2.45, 2.75) is 30.5 Å². The lowest BCUT2D eigenvalue weighted by atomic mass is 10.2. The van der Waals surface area contributed by atoms with Crippen molar-refractivity contribution in [2.75, 3.05) is 5.75 Å². The number of carbonyl (C=O) groups excluding carboxylic acids is 1. The van der Waals surface area contributed by atoms with Crippen LogP contribution in [0.4, 0.5) is 4.39 Å². The summed E-state index contributed by atoms with van der Waals surface area (Å²) in [5, 5.41) is 5.75. The fraction of sp³-hybridized carbons (Fsp3) is 0.333. The van der Waals surface area contributed by atoms with Crippen LogP contribution < -0.4 is 0 Å². The smallest absolute Gasteiger partial charge is 0.233 e. The van der Waals surface area contributed by atoms with Crippen molar-refractivity contribution in [3.8, 4) is 0 Å². The number of amides is 1. The molecule has 1 amide bonds. The monoisotopic (exact) mass is 371 g/mol. The SMILES string of the molecule is Cn1ncc2c(SCC(=O)N(Cc3ccccc3F)C3CC3)ncnc21. The van der Waals surface area contributed by atoms with Crippen molar-refractivity contribution in [1.29, 1.82) is 0 Å². The molecule has 8 heteroatoms. The van der Waals surface area contributed by atoms with Crippen LogP contribution in [0.25, 0.3) is 11.0 Å². The van der Waals surface area contributed by atoms with Gasteiger partial charge in [0.05, 0.1) is 17.3 Å². The van der Waals surface area contributed by atoms with Gasteiger partial charge in [0, 0.05) is 25.2 Å². The van der Waals surface area contributed by atoms with E-state index >= 15 is 0 Å². The first-order chi connectivity index (χ1) is 12.6. The Morgan fingerprint density at radius 1 is 1.35 bits per heavy atom. The summed E-state index contributed by atoms with van der Waals surface area (Å²) in [4.78, 5) is 23.0. The molecule has 0 spiro atoms. The molecule has 0 atom stereocenters. The maximum absolute atomic E-state index is 14.0. The normalized spacial score (nSPS) is 13.9. The van der Waals surface area contributed by atoms with Crippen molar-refractivity contribution in [3.05, 3.63) is 48.2 Å². The Morgan fingerprint density at radius 3 is 2.92 bits per heavy atom. The lowest BCUT2D eigenvalue weighted by Crippen LogP contribution is -2.34. The Bertz CT molecular complexity index is 956. The first-order valence-corrected chi connectivity index (χ1v) is 9.40. The summed E-state index contributed by atoms with van der Waals surface area (Å²) >= 11 is 1.37. The minimum Gasteiger partial charge on any atom is -0.335 e. The predicted octanol–water partition coefficient (Wildman–Crippen LogP) is 2.79. The highest BCUT2D eigenvalue weighted by Crippen LogP contribution is 2.31. The molecule has 26 heavy (non-hydrogen) atoms. The van der Waals surface area contributed by atoms with E-state index in [-0.39, 0.29) is 23.5 Å². The topological polar surface area (TPSA) is 63.9 Å². The average Bonchev–Trinajstić information content (AvgIpc) is 3.42. The molecule has 1 saturated carbocycles. The van der Waals surface area contributed by atoms with Gasteiger partial charge in [-0.2, -0.15) is 5.10 Å². The number of hydrogen-bond acceptors (Lipinski definition) is 5. The number of aromatic nitrogens is 4. The molecule has 0 saturated heterocycles. The van der Waals surface area contributed by atoms with Crippen LogP contribution in [-0.4, -0.2) is 42.4 Å². The molecule has 1 aliphatic carbocycles. The fourth-order valence-corrected chi connectivity index (χ4v) is 3.73. The van der Waals surface area contributed by atoms with Gasteiger partial charge in [0.2, 0.25) is 5.91 Å². The van der Waals surface area contributed by atoms with Gasteiger partial charge in [-0.25, -0.2) is 14.4 Å². The van der Waals surface area contributed by atoms with E-state index in [4.69, 9.17) is 0 Å². The van der Waals surface area contributed by atoms with E-state index in [1.54, 1.807) is 34.0 Å². The zero-order valence-corrected chi connectivity index (χ0v) is 15.1. The Morgan fingerprint density at radius 2 is 2.15 bits per heavy atom. The number of rotatable bonds is 6. The van der Waals surface area contributed by atoms with E-state index in [1.165, 1.54) is 24.2 Å². The third-order valence-electron chi connectivity index (χ3n) is 4.43. The highest BCUT2D eigenvalue weighted by Gasteiger charge is 2.33. The van der Waals surface area contributed by atoms with Crippen molar-refractivity contribution < 1.29 is 9.18 Å². The number of thioether (sulfide) groups is 1. The summed E-state index contributed by atoms with van der Waals surface area (Å²) in [5.41, 5.74) is 1.29. The van der Waals surface area contributed by atoms with Gasteiger partial charge in [-0.05, 0) is 18.9 Å². The van der Waals surface area contributed by atoms with Gasteiger partial charge in [0.25, 0.3) is 0 Å². The summed E-state index contributed by atoms with van der Waals surface area (Å²) in [7, 11) is 1.82. The van der Waals surface area contributed by atoms with Gasteiger partial charge < -0.3 is 4.90 Å². The number of benzene rings is 1. The Labute approximate surface area is 154 Å². The lowest BCUT2D eigenvalue weighted by Gasteiger charge is -2.22. The number of fused-ring (bicyclic) bond motifs is 1. The van der Waals surface area contributed by atoms with E-state index in [0.29, 0.717) is 12.1 Å². The molecule has 2 aromatic heterocycles. The van der Waals surface area contributed by atoms with E-state index in [9.17, 15) is 9.18 Å². The zero-order chi connectivity index (χ0) is 18.1.